The van der Waals surface area contributed by atoms with E-state index in [0.717, 1.165) is 41.5 Å². The van der Waals surface area contributed by atoms with Crippen molar-refractivity contribution in [2.24, 2.45) is 0 Å². The molecule has 1 atom stereocenters. The van der Waals surface area contributed by atoms with E-state index in [1.807, 2.05) is 18.3 Å². The number of anilines is 2. The molecular formula is C19H21N7O. The van der Waals surface area contributed by atoms with Gasteiger partial charge in [-0.15, -0.1) is 0 Å². The first-order valence-electron chi connectivity index (χ1n) is 8.91. The molecule has 0 radical (unpaired) electrons. The minimum Gasteiger partial charge on any atom is -0.491 e. The van der Waals surface area contributed by atoms with Crippen LogP contribution in [0.2, 0.25) is 0 Å². The molecule has 1 aliphatic rings. The Balaban J connectivity index is 1.46. The van der Waals surface area contributed by atoms with Gasteiger partial charge in [-0.05, 0) is 6.07 Å². The van der Waals surface area contributed by atoms with E-state index in [1.54, 1.807) is 25.8 Å². The first-order chi connectivity index (χ1) is 13.2. The number of fused-ring (bicyclic) bond motifs is 1. The molecule has 27 heavy (non-hydrogen) atoms. The Morgan fingerprint density at radius 3 is 2.81 bits per heavy atom. The van der Waals surface area contributed by atoms with Crippen molar-refractivity contribution in [3.05, 3.63) is 48.3 Å². The third kappa shape index (κ3) is 3.64. The van der Waals surface area contributed by atoms with Crippen LogP contribution in [0.3, 0.4) is 0 Å². The maximum Gasteiger partial charge on any atom is 0.222 e. The number of nitrogens with zero attached hydrogens (tertiary/aromatic N) is 5. The summed E-state index contributed by atoms with van der Waals surface area (Å²) in [5.74, 6) is 2.54. The van der Waals surface area contributed by atoms with Crippen molar-refractivity contribution >= 4 is 11.8 Å². The van der Waals surface area contributed by atoms with Gasteiger partial charge in [0, 0.05) is 61.7 Å². The van der Waals surface area contributed by atoms with Crippen LogP contribution >= 0.6 is 0 Å². The predicted octanol–water partition coefficient (Wildman–Crippen LogP) is 2.52. The van der Waals surface area contributed by atoms with E-state index < -0.39 is 0 Å². The van der Waals surface area contributed by atoms with Gasteiger partial charge in [0.2, 0.25) is 5.95 Å². The molecule has 0 aliphatic carbocycles. The van der Waals surface area contributed by atoms with Crippen molar-refractivity contribution in [3.63, 3.8) is 0 Å². The smallest absolute Gasteiger partial charge is 0.222 e. The second-order valence-corrected chi connectivity index (χ2v) is 6.39. The average molecular weight is 363 g/mol. The Labute approximate surface area is 157 Å². The lowest BCUT2D eigenvalue weighted by atomic mass is 10.00. The summed E-state index contributed by atoms with van der Waals surface area (Å²) in [6, 6.07) is 3.93. The molecule has 0 aromatic carbocycles. The van der Waals surface area contributed by atoms with Crippen LogP contribution in [0.1, 0.15) is 24.1 Å². The van der Waals surface area contributed by atoms with Gasteiger partial charge in [-0.1, -0.05) is 6.92 Å². The Bertz CT molecular complexity index is 930. The van der Waals surface area contributed by atoms with Crippen molar-refractivity contribution in [1.29, 1.82) is 0 Å². The van der Waals surface area contributed by atoms with E-state index in [1.165, 1.54) is 5.56 Å². The molecule has 3 aromatic rings. The predicted molar refractivity (Wildman–Crippen MR) is 103 cm³/mol. The van der Waals surface area contributed by atoms with Gasteiger partial charge in [0.05, 0.1) is 18.0 Å². The summed E-state index contributed by atoms with van der Waals surface area (Å²) in [5.41, 5.74) is 3.84. The first-order valence-corrected chi connectivity index (χ1v) is 8.91. The lowest BCUT2D eigenvalue weighted by molar-refractivity contribution is 0.352. The molecular weight excluding hydrogens is 342 g/mol. The Kier molecular flexibility index (Phi) is 4.78. The lowest BCUT2D eigenvalue weighted by Crippen LogP contribution is -2.12. The third-order valence-corrected chi connectivity index (χ3v) is 4.55. The van der Waals surface area contributed by atoms with Crippen LogP contribution in [-0.4, -0.2) is 45.1 Å². The van der Waals surface area contributed by atoms with Crippen LogP contribution in [0.4, 0.5) is 11.8 Å². The number of pyridine rings is 1. The zero-order valence-corrected chi connectivity index (χ0v) is 15.3. The summed E-state index contributed by atoms with van der Waals surface area (Å²) in [6.07, 6.45) is 7.77. The molecule has 1 unspecified atom stereocenters. The second kappa shape index (κ2) is 7.53. The lowest BCUT2D eigenvalue weighted by Gasteiger charge is -2.16. The second-order valence-electron chi connectivity index (χ2n) is 6.39. The van der Waals surface area contributed by atoms with Crippen molar-refractivity contribution in [2.75, 3.05) is 30.8 Å². The number of hydrogen-bond donors (Lipinski definition) is 2. The summed E-state index contributed by atoms with van der Waals surface area (Å²) >= 11 is 0. The van der Waals surface area contributed by atoms with Crippen molar-refractivity contribution in [3.8, 4) is 17.0 Å². The fraction of sp³-hybridized carbons (Fsp3) is 0.316. The van der Waals surface area contributed by atoms with E-state index in [9.17, 15) is 0 Å². The van der Waals surface area contributed by atoms with Crippen LogP contribution < -0.4 is 15.4 Å². The molecule has 8 nitrogen and oxygen atoms in total. The summed E-state index contributed by atoms with van der Waals surface area (Å²) in [6.45, 7) is 3.60. The molecule has 8 heteroatoms. The third-order valence-electron chi connectivity index (χ3n) is 4.55. The Hall–Kier alpha value is -3.29. The number of hydrogen-bond acceptors (Lipinski definition) is 8. The number of aromatic nitrogens is 5. The van der Waals surface area contributed by atoms with Gasteiger partial charge in [0.15, 0.2) is 0 Å². The molecule has 0 saturated heterocycles. The van der Waals surface area contributed by atoms with E-state index >= 15 is 0 Å². The largest absolute Gasteiger partial charge is 0.491 e. The standard InChI is InChI=1S/C19H21N7O/c1-12(14-3-5-21-15-4-6-27-18(14)15)8-22-17-7-16(25-11-26-17)13-9-23-19(20-2)24-10-13/h3,5,7,9-12H,4,6,8H2,1-2H3,(H,20,23,24)(H,22,25,26). The highest BCUT2D eigenvalue weighted by atomic mass is 16.5. The molecule has 0 saturated carbocycles. The number of nitrogens with one attached hydrogen (secondary N) is 2. The molecule has 4 heterocycles. The molecule has 1 aliphatic heterocycles. The van der Waals surface area contributed by atoms with Crippen LogP contribution in [0.25, 0.3) is 11.3 Å². The van der Waals surface area contributed by atoms with Crippen molar-refractivity contribution in [2.45, 2.75) is 19.3 Å². The van der Waals surface area contributed by atoms with Gasteiger partial charge < -0.3 is 15.4 Å². The minimum absolute atomic E-state index is 0.261. The number of ether oxygens (including phenoxy) is 1. The maximum absolute atomic E-state index is 5.76. The highest BCUT2D eigenvalue weighted by Gasteiger charge is 2.20. The van der Waals surface area contributed by atoms with Gasteiger partial charge in [-0.2, -0.15) is 0 Å². The normalized spacial score (nSPS) is 13.6. The molecule has 0 amide bonds. The first kappa shape index (κ1) is 17.1. The fourth-order valence-corrected chi connectivity index (χ4v) is 3.06. The molecule has 3 aromatic heterocycles. The minimum atomic E-state index is 0.261. The van der Waals surface area contributed by atoms with Crippen LogP contribution in [0.15, 0.2) is 37.1 Å². The number of rotatable bonds is 6. The quantitative estimate of drug-likeness (QED) is 0.689. The zero-order chi connectivity index (χ0) is 18.6. The van der Waals surface area contributed by atoms with Gasteiger partial charge in [0.25, 0.3) is 0 Å². The summed E-state index contributed by atoms with van der Waals surface area (Å²) < 4.78 is 5.76. The highest BCUT2D eigenvalue weighted by molar-refractivity contribution is 5.60. The van der Waals surface area contributed by atoms with E-state index in [2.05, 4.69) is 42.5 Å². The Morgan fingerprint density at radius 2 is 2.00 bits per heavy atom. The summed E-state index contributed by atoms with van der Waals surface area (Å²) in [4.78, 5) is 21.5. The fourth-order valence-electron chi connectivity index (χ4n) is 3.06. The zero-order valence-electron chi connectivity index (χ0n) is 15.3. The highest BCUT2D eigenvalue weighted by Crippen LogP contribution is 2.32. The van der Waals surface area contributed by atoms with Gasteiger partial charge in [-0.25, -0.2) is 19.9 Å². The van der Waals surface area contributed by atoms with Crippen LogP contribution in [-0.2, 0) is 6.42 Å². The summed E-state index contributed by atoms with van der Waals surface area (Å²) in [7, 11) is 1.78. The maximum atomic E-state index is 5.76. The molecule has 4 rings (SSSR count). The van der Waals surface area contributed by atoms with E-state index in [0.29, 0.717) is 12.6 Å². The SMILES string of the molecule is CNc1ncc(-c2cc(NCC(C)c3ccnc4c3OCC4)ncn2)cn1. The topological polar surface area (TPSA) is 97.7 Å². The van der Waals surface area contributed by atoms with Crippen molar-refractivity contribution < 1.29 is 4.74 Å². The van der Waals surface area contributed by atoms with Crippen LogP contribution in [0.5, 0.6) is 5.75 Å². The molecule has 0 spiro atoms. The Morgan fingerprint density at radius 1 is 1.15 bits per heavy atom. The van der Waals surface area contributed by atoms with Gasteiger partial charge in [0.1, 0.15) is 17.9 Å². The average Bonchev–Trinajstić information content (AvgIpc) is 3.21. The molecule has 2 N–H and O–H groups in total. The molecule has 0 bridgehead atoms. The molecule has 0 fully saturated rings. The molecule has 138 valence electrons. The van der Waals surface area contributed by atoms with Gasteiger partial charge >= 0.3 is 0 Å². The monoisotopic (exact) mass is 363 g/mol. The van der Waals surface area contributed by atoms with E-state index in [4.69, 9.17) is 4.74 Å². The van der Waals surface area contributed by atoms with E-state index in [-0.39, 0.29) is 5.92 Å². The van der Waals surface area contributed by atoms with Gasteiger partial charge in [-0.3, -0.25) is 4.98 Å². The van der Waals surface area contributed by atoms with Crippen LogP contribution in [0, 0.1) is 0 Å². The summed E-state index contributed by atoms with van der Waals surface area (Å²) in [5, 5.41) is 6.29. The van der Waals surface area contributed by atoms with Crippen molar-refractivity contribution in [1.82, 2.24) is 24.9 Å².